The standard InChI is InChI=1S/C16H20N2OS/c1-11-5-3-6-14-15(7-4-8-19-16(11)14)18-10-13-9-17-12(2)20-13/h3,5-6,9,15,18H,4,7-8,10H2,1-2H3. The van der Waals surface area contributed by atoms with E-state index in [1.807, 2.05) is 13.1 Å². The van der Waals surface area contributed by atoms with Crippen LogP contribution in [0.3, 0.4) is 0 Å². The highest BCUT2D eigenvalue weighted by molar-refractivity contribution is 7.11. The average molecular weight is 288 g/mol. The lowest BCUT2D eigenvalue weighted by Crippen LogP contribution is -2.20. The summed E-state index contributed by atoms with van der Waals surface area (Å²) in [6, 6.07) is 6.79. The third-order valence-electron chi connectivity index (χ3n) is 3.69. The molecule has 0 aliphatic carbocycles. The average Bonchev–Trinajstić information content (AvgIpc) is 2.73. The summed E-state index contributed by atoms with van der Waals surface area (Å²) < 4.78 is 5.92. The van der Waals surface area contributed by atoms with Crippen LogP contribution in [0.15, 0.2) is 24.4 Å². The zero-order chi connectivity index (χ0) is 13.9. The maximum atomic E-state index is 5.92. The molecule has 2 aromatic rings. The molecule has 1 unspecified atom stereocenters. The third-order valence-corrected chi connectivity index (χ3v) is 4.61. The van der Waals surface area contributed by atoms with E-state index in [2.05, 4.69) is 35.4 Å². The van der Waals surface area contributed by atoms with Gasteiger partial charge in [-0.2, -0.15) is 0 Å². The molecule has 2 heterocycles. The number of fused-ring (bicyclic) bond motifs is 1. The van der Waals surface area contributed by atoms with Crippen LogP contribution in [-0.4, -0.2) is 11.6 Å². The van der Waals surface area contributed by atoms with Crippen LogP contribution in [0.25, 0.3) is 0 Å². The maximum Gasteiger partial charge on any atom is 0.126 e. The van der Waals surface area contributed by atoms with Crippen molar-refractivity contribution < 1.29 is 4.74 Å². The molecule has 4 heteroatoms. The van der Waals surface area contributed by atoms with Gasteiger partial charge in [0.1, 0.15) is 5.75 Å². The number of hydrogen-bond donors (Lipinski definition) is 1. The summed E-state index contributed by atoms with van der Waals surface area (Å²) in [4.78, 5) is 5.60. The molecule has 0 amide bonds. The quantitative estimate of drug-likeness (QED) is 0.933. The second kappa shape index (κ2) is 5.94. The Bertz CT molecular complexity index is 594. The van der Waals surface area contributed by atoms with E-state index in [-0.39, 0.29) is 0 Å². The number of aromatic nitrogens is 1. The Morgan fingerprint density at radius 1 is 1.40 bits per heavy atom. The van der Waals surface area contributed by atoms with Gasteiger partial charge < -0.3 is 10.1 Å². The third kappa shape index (κ3) is 2.86. The number of hydrogen-bond acceptors (Lipinski definition) is 4. The van der Waals surface area contributed by atoms with Gasteiger partial charge in [-0.15, -0.1) is 11.3 Å². The van der Waals surface area contributed by atoms with Gasteiger partial charge in [-0.25, -0.2) is 4.98 Å². The van der Waals surface area contributed by atoms with Crippen LogP contribution in [0, 0.1) is 13.8 Å². The van der Waals surface area contributed by atoms with Crippen molar-refractivity contribution in [3.05, 3.63) is 45.4 Å². The molecule has 0 radical (unpaired) electrons. The summed E-state index contributed by atoms with van der Waals surface area (Å²) in [5.41, 5.74) is 2.52. The normalized spacial score (nSPS) is 18.2. The number of ether oxygens (including phenoxy) is 1. The van der Waals surface area contributed by atoms with E-state index in [1.165, 1.54) is 16.0 Å². The molecule has 1 aliphatic heterocycles. The fourth-order valence-corrected chi connectivity index (χ4v) is 3.43. The minimum absolute atomic E-state index is 0.370. The first-order chi connectivity index (χ1) is 9.74. The van der Waals surface area contributed by atoms with Crippen molar-refractivity contribution in [3.8, 4) is 5.75 Å². The lowest BCUT2D eigenvalue weighted by atomic mass is 10.00. The minimum Gasteiger partial charge on any atom is -0.493 e. The largest absolute Gasteiger partial charge is 0.493 e. The van der Waals surface area contributed by atoms with Gasteiger partial charge in [-0.05, 0) is 32.3 Å². The summed E-state index contributed by atoms with van der Waals surface area (Å²) in [7, 11) is 0. The monoisotopic (exact) mass is 288 g/mol. The second-order valence-electron chi connectivity index (χ2n) is 5.26. The molecule has 3 nitrogen and oxygen atoms in total. The van der Waals surface area contributed by atoms with Gasteiger partial charge in [-0.3, -0.25) is 0 Å². The van der Waals surface area contributed by atoms with Crippen molar-refractivity contribution >= 4 is 11.3 Å². The molecule has 0 fully saturated rings. The predicted molar refractivity (Wildman–Crippen MR) is 82.3 cm³/mol. The fraction of sp³-hybridized carbons (Fsp3) is 0.438. The van der Waals surface area contributed by atoms with Gasteiger partial charge in [0.05, 0.1) is 11.6 Å². The van der Waals surface area contributed by atoms with E-state index in [0.29, 0.717) is 6.04 Å². The zero-order valence-electron chi connectivity index (χ0n) is 12.0. The molecule has 1 aromatic carbocycles. The van der Waals surface area contributed by atoms with Gasteiger partial charge in [0.15, 0.2) is 0 Å². The van der Waals surface area contributed by atoms with E-state index in [4.69, 9.17) is 4.74 Å². The Balaban J connectivity index is 1.78. The molecule has 0 saturated carbocycles. The molecular formula is C16H20N2OS. The van der Waals surface area contributed by atoms with Crippen molar-refractivity contribution in [2.75, 3.05) is 6.61 Å². The van der Waals surface area contributed by atoms with Gasteiger partial charge in [0.25, 0.3) is 0 Å². The number of aryl methyl sites for hydroxylation is 2. The summed E-state index contributed by atoms with van der Waals surface area (Å²) in [5.74, 6) is 1.07. The minimum atomic E-state index is 0.370. The lowest BCUT2D eigenvalue weighted by Gasteiger charge is -2.19. The number of benzene rings is 1. The van der Waals surface area contributed by atoms with E-state index < -0.39 is 0 Å². The summed E-state index contributed by atoms with van der Waals surface area (Å²) >= 11 is 1.76. The molecular weight excluding hydrogens is 268 g/mol. The summed E-state index contributed by atoms with van der Waals surface area (Å²) in [6.07, 6.45) is 4.18. The van der Waals surface area contributed by atoms with Crippen LogP contribution < -0.4 is 10.1 Å². The van der Waals surface area contributed by atoms with Crippen molar-refractivity contribution in [1.82, 2.24) is 10.3 Å². The molecule has 20 heavy (non-hydrogen) atoms. The Morgan fingerprint density at radius 3 is 3.10 bits per heavy atom. The first-order valence-corrected chi connectivity index (χ1v) is 7.92. The van der Waals surface area contributed by atoms with E-state index >= 15 is 0 Å². The maximum absolute atomic E-state index is 5.92. The topological polar surface area (TPSA) is 34.2 Å². The van der Waals surface area contributed by atoms with Crippen LogP contribution in [0.2, 0.25) is 0 Å². The lowest BCUT2D eigenvalue weighted by molar-refractivity contribution is 0.313. The number of para-hydroxylation sites is 1. The zero-order valence-corrected chi connectivity index (χ0v) is 12.8. The Hall–Kier alpha value is -1.39. The van der Waals surface area contributed by atoms with Gasteiger partial charge >= 0.3 is 0 Å². The molecule has 106 valence electrons. The van der Waals surface area contributed by atoms with Crippen molar-refractivity contribution in [2.45, 2.75) is 39.3 Å². The summed E-state index contributed by atoms with van der Waals surface area (Å²) in [6.45, 7) is 5.86. The molecule has 0 spiro atoms. The number of nitrogens with zero attached hydrogens (tertiary/aromatic N) is 1. The van der Waals surface area contributed by atoms with Crippen LogP contribution in [-0.2, 0) is 6.54 Å². The van der Waals surface area contributed by atoms with Crippen LogP contribution in [0.5, 0.6) is 5.75 Å². The number of rotatable bonds is 3. The predicted octanol–water partition coefficient (Wildman–Crippen LogP) is 3.76. The second-order valence-corrected chi connectivity index (χ2v) is 6.58. The van der Waals surface area contributed by atoms with Crippen LogP contribution in [0.4, 0.5) is 0 Å². The van der Waals surface area contributed by atoms with Crippen LogP contribution >= 0.6 is 11.3 Å². The molecule has 1 aliphatic rings. The number of nitrogens with one attached hydrogen (secondary N) is 1. The summed E-state index contributed by atoms with van der Waals surface area (Å²) in [5, 5.41) is 4.79. The first kappa shape index (κ1) is 13.6. The van der Waals surface area contributed by atoms with Gasteiger partial charge in [0, 0.05) is 29.2 Å². The highest BCUT2D eigenvalue weighted by Gasteiger charge is 2.20. The Kier molecular flexibility index (Phi) is 4.03. The van der Waals surface area contributed by atoms with Crippen molar-refractivity contribution in [2.24, 2.45) is 0 Å². The van der Waals surface area contributed by atoms with Gasteiger partial charge in [-0.1, -0.05) is 18.2 Å². The molecule has 1 atom stereocenters. The molecule has 1 aromatic heterocycles. The van der Waals surface area contributed by atoms with Crippen molar-refractivity contribution in [3.63, 3.8) is 0 Å². The van der Waals surface area contributed by atoms with E-state index in [0.717, 1.165) is 36.8 Å². The highest BCUT2D eigenvalue weighted by Crippen LogP contribution is 2.34. The van der Waals surface area contributed by atoms with Crippen LogP contribution in [0.1, 0.15) is 39.9 Å². The van der Waals surface area contributed by atoms with Gasteiger partial charge in [0.2, 0.25) is 0 Å². The SMILES string of the molecule is Cc1ncc(CNC2CCCOc3c(C)cccc32)s1. The Labute approximate surface area is 124 Å². The smallest absolute Gasteiger partial charge is 0.126 e. The Morgan fingerprint density at radius 2 is 2.30 bits per heavy atom. The van der Waals surface area contributed by atoms with E-state index in [1.54, 1.807) is 11.3 Å². The number of thiazole rings is 1. The molecule has 3 rings (SSSR count). The first-order valence-electron chi connectivity index (χ1n) is 7.11. The molecule has 0 bridgehead atoms. The highest BCUT2D eigenvalue weighted by atomic mass is 32.1. The van der Waals surface area contributed by atoms with E-state index in [9.17, 15) is 0 Å². The van der Waals surface area contributed by atoms with Crippen molar-refractivity contribution in [1.29, 1.82) is 0 Å². The molecule has 1 N–H and O–H groups in total. The fourth-order valence-electron chi connectivity index (χ4n) is 2.69. The molecule has 0 saturated heterocycles.